The molecular formula is C13H15N3O2S. The van der Waals surface area contributed by atoms with Gasteiger partial charge in [-0.1, -0.05) is 6.07 Å². The van der Waals surface area contributed by atoms with Gasteiger partial charge in [-0.3, -0.25) is 4.90 Å². The quantitative estimate of drug-likeness (QED) is 0.909. The van der Waals surface area contributed by atoms with Gasteiger partial charge in [-0.15, -0.1) is 11.3 Å². The number of pyridine rings is 1. The Bertz CT molecular complexity index is 557. The number of aromatic carboxylic acids is 1. The van der Waals surface area contributed by atoms with Crippen LogP contribution in [-0.2, 0) is 6.54 Å². The van der Waals surface area contributed by atoms with Crippen LogP contribution in [0, 0.1) is 0 Å². The van der Waals surface area contributed by atoms with Gasteiger partial charge in [0, 0.05) is 18.1 Å². The maximum Gasteiger partial charge on any atom is 0.354 e. The highest BCUT2D eigenvalue weighted by Crippen LogP contribution is 2.21. The Labute approximate surface area is 115 Å². The van der Waals surface area contributed by atoms with Crippen molar-refractivity contribution < 1.29 is 9.90 Å². The van der Waals surface area contributed by atoms with Crippen molar-refractivity contribution in [1.82, 2.24) is 14.9 Å². The van der Waals surface area contributed by atoms with Crippen LogP contribution in [-0.4, -0.2) is 33.0 Å². The van der Waals surface area contributed by atoms with Gasteiger partial charge in [-0.25, -0.2) is 14.8 Å². The Morgan fingerprint density at radius 3 is 2.95 bits per heavy atom. The van der Waals surface area contributed by atoms with Gasteiger partial charge in [-0.2, -0.15) is 0 Å². The molecule has 0 radical (unpaired) electrons. The number of thiazole rings is 1. The molecule has 0 unspecified atom stereocenters. The molecule has 0 saturated heterocycles. The third kappa shape index (κ3) is 3.36. The summed E-state index contributed by atoms with van der Waals surface area (Å²) in [5, 5.41) is 11.9. The molecule has 0 bridgehead atoms. The normalized spacial score (nSPS) is 12.6. The summed E-state index contributed by atoms with van der Waals surface area (Å²) in [7, 11) is 1.97. The van der Waals surface area contributed by atoms with Crippen molar-refractivity contribution in [3.05, 3.63) is 46.2 Å². The summed E-state index contributed by atoms with van der Waals surface area (Å²) in [6.45, 7) is 2.65. The second kappa shape index (κ2) is 5.90. The molecule has 2 heterocycles. The van der Waals surface area contributed by atoms with Crippen LogP contribution in [0.3, 0.4) is 0 Å². The Morgan fingerprint density at radius 2 is 2.32 bits per heavy atom. The lowest BCUT2D eigenvalue weighted by atomic mass is 10.2. The fourth-order valence-corrected chi connectivity index (χ4v) is 2.47. The van der Waals surface area contributed by atoms with E-state index in [4.69, 9.17) is 5.11 Å². The van der Waals surface area contributed by atoms with Gasteiger partial charge in [0.1, 0.15) is 10.7 Å². The molecule has 0 aliphatic heterocycles. The number of carboxylic acid groups (broad SMARTS) is 1. The molecule has 0 fully saturated rings. The largest absolute Gasteiger partial charge is 0.477 e. The predicted molar refractivity (Wildman–Crippen MR) is 73.2 cm³/mol. The first-order valence-electron chi connectivity index (χ1n) is 5.87. The smallest absolute Gasteiger partial charge is 0.354 e. The highest BCUT2D eigenvalue weighted by molar-refractivity contribution is 7.09. The standard InChI is InChI=1S/C13H15N3O2S/c1-9(12-14-6-7-19-12)16(2)8-10-4-3-5-11(15-10)13(17)18/h3-7,9H,8H2,1-2H3,(H,17,18)/t9-/m1/s1. The monoisotopic (exact) mass is 277 g/mol. The van der Waals surface area contributed by atoms with Gasteiger partial charge >= 0.3 is 5.97 Å². The Morgan fingerprint density at radius 1 is 1.53 bits per heavy atom. The molecule has 2 aromatic heterocycles. The van der Waals surface area contributed by atoms with Gasteiger partial charge in [0.05, 0.1) is 11.7 Å². The number of nitrogens with zero attached hydrogens (tertiary/aromatic N) is 3. The van der Waals surface area contributed by atoms with Crippen LogP contribution in [0.5, 0.6) is 0 Å². The van der Waals surface area contributed by atoms with Crippen LogP contribution in [0.4, 0.5) is 0 Å². The highest BCUT2D eigenvalue weighted by atomic mass is 32.1. The lowest BCUT2D eigenvalue weighted by Gasteiger charge is -2.22. The van der Waals surface area contributed by atoms with E-state index >= 15 is 0 Å². The molecule has 0 aliphatic rings. The van der Waals surface area contributed by atoms with E-state index < -0.39 is 5.97 Å². The van der Waals surface area contributed by atoms with Gasteiger partial charge in [0.25, 0.3) is 0 Å². The number of carboxylic acids is 1. The molecule has 100 valence electrons. The first-order valence-corrected chi connectivity index (χ1v) is 6.74. The molecule has 19 heavy (non-hydrogen) atoms. The second-order valence-corrected chi connectivity index (χ2v) is 5.21. The minimum Gasteiger partial charge on any atom is -0.477 e. The molecule has 2 rings (SSSR count). The molecule has 0 saturated carbocycles. The summed E-state index contributed by atoms with van der Waals surface area (Å²) in [6, 6.07) is 5.22. The fraction of sp³-hybridized carbons (Fsp3) is 0.308. The summed E-state index contributed by atoms with van der Waals surface area (Å²) >= 11 is 1.61. The van der Waals surface area contributed by atoms with Crippen molar-refractivity contribution in [2.75, 3.05) is 7.05 Å². The third-order valence-corrected chi connectivity index (χ3v) is 3.85. The summed E-state index contributed by atoms with van der Waals surface area (Å²) in [5.41, 5.74) is 0.818. The van der Waals surface area contributed by atoms with E-state index in [1.54, 1.807) is 23.6 Å². The Kier molecular flexibility index (Phi) is 4.24. The lowest BCUT2D eigenvalue weighted by Crippen LogP contribution is -2.22. The van der Waals surface area contributed by atoms with Gasteiger partial charge in [0.2, 0.25) is 0 Å². The fourth-order valence-electron chi connectivity index (χ4n) is 1.71. The van der Waals surface area contributed by atoms with Gasteiger partial charge < -0.3 is 5.11 Å². The van der Waals surface area contributed by atoms with Crippen molar-refractivity contribution in [3.8, 4) is 0 Å². The Balaban J connectivity index is 2.08. The third-order valence-electron chi connectivity index (χ3n) is 2.91. The lowest BCUT2D eigenvalue weighted by molar-refractivity contribution is 0.0690. The molecule has 0 aromatic carbocycles. The van der Waals surface area contributed by atoms with E-state index in [0.717, 1.165) is 10.7 Å². The van der Waals surface area contributed by atoms with E-state index in [1.807, 2.05) is 18.5 Å². The minimum absolute atomic E-state index is 0.0767. The van der Waals surface area contributed by atoms with Crippen LogP contribution in [0.15, 0.2) is 29.8 Å². The topological polar surface area (TPSA) is 66.3 Å². The average molecular weight is 277 g/mol. The van der Waals surface area contributed by atoms with Crippen LogP contribution in [0.2, 0.25) is 0 Å². The predicted octanol–water partition coefficient (Wildman–Crippen LogP) is 2.43. The van der Waals surface area contributed by atoms with Crippen molar-refractivity contribution in [2.24, 2.45) is 0 Å². The zero-order valence-corrected chi connectivity index (χ0v) is 11.6. The molecule has 0 spiro atoms. The average Bonchev–Trinajstić information content (AvgIpc) is 2.92. The molecule has 1 atom stereocenters. The molecule has 6 heteroatoms. The summed E-state index contributed by atoms with van der Waals surface area (Å²) < 4.78 is 0. The van der Waals surface area contributed by atoms with E-state index in [1.165, 1.54) is 6.07 Å². The minimum atomic E-state index is -1.00. The number of rotatable bonds is 5. The maximum absolute atomic E-state index is 10.9. The van der Waals surface area contributed by atoms with Gasteiger partial charge in [0.15, 0.2) is 0 Å². The van der Waals surface area contributed by atoms with Crippen LogP contribution >= 0.6 is 11.3 Å². The number of hydrogen-bond acceptors (Lipinski definition) is 5. The van der Waals surface area contributed by atoms with Crippen LogP contribution < -0.4 is 0 Å². The zero-order valence-electron chi connectivity index (χ0n) is 10.8. The number of carbonyl (C=O) groups is 1. The zero-order chi connectivity index (χ0) is 13.8. The van der Waals surface area contributed by atoms with Crippen LogP contribution in [0.1, 0.15) is 34.2 Å². The van der Waals surface area contributed by atoms with Crippen LogP contribution in [0.25, 0.3) is 0 Å². The SMILES string of the molecule is C[C@H](c1nccs1)N(C)Cc1cccc(C(=O)O)n1. The maximum atomic E-state index is 10.9. The number of aromatic nitrogens is 2. The van der Waals surface area contributed by atoms with Crippen molar-refractivity contribution in [2.45, 2.75) is 19.5 Å². The Hall–Kier alpha value is -1.79. The molecule has 0 amide bonds. The van der Waals surface area contributed by atoms with Gasteiger partial charge in [-0.05, 0) is 26.1 Å². The molecule has 5 nitrogen and oxygen atoms in total. The van der Waals surface area contributed by atoms with E-state index in [-0.39, 0.29) is 11.7 Å². The second-order valence-electron chi connectivity index (χ2n) is 4.28. The first-order chi connectivity index (χ1) is 9.08. The summed E-state index contributed by atoms with van der Waals surface area (Å²) in [5.74, 6) is -1.00. The van der Waals surface area contributed by atoms with Crippen molar-refractivity contribution >= 4 is 17.3 Å². The molecule has 0 aliphatic carbocycles. The van der Waals surface area contributed by atoms with Crippen molar-refractivity contribution in [1.29, 1.82) is 0 Å². The van der Waals surface area contributed by atoms with E-state index in [2.05, 4.69) is 21.8 Å². The summed E-state index contributed by atoms with van der Waals surface area (Å²) in [4.78, 5) is 21.4. The van der Waals surface area contributed by atoms with Crippen molar-refractivity contribution in [3.63, 3.8) is 0 Å². The number of hydrogen-bond donors (Lipinski definition) is 1. The first kappa shape index (κ1) is 13.6. The van der Waals surface area contributed by atoms with E-state index in [0.29, 0.717) is 6.54 Å². The summed E-state index contributed by atoms with van der Waals surface area (Å²) in [6.07, 6.45) is 1.79. The highest BCUT2D eigenvalue weighted by Gasteiger charge is 2.15. The molecule has 2 aromatic rings. The molecular weight excluding hydrogens is 262 g/mol. The molecule has 1 N–H and O–H groups in total. The van der Waals surface area contributed by atoms with E-state index in [9.17, 15) is 4.79 Å².